The van der Waals surface area contributed by atoms with Gasteiger partial charge < -0.3 is 10.8 Å². The highest BCUT2D eigenvalue weighted by Crippen LogP contribution is 2.24. The molecule has 7 heteroatoms. The number of amides is 1. The van der Waals surface area contributed by atoms with Gasteiger partial charge in [0, 0.05) is 16.7 Å². The first kappa shape index (κ1) is 14.5. The van der Waals surface area contributed by atoms with Crippen molar-refractivity contribution >= 4 is 35.0 Å². The van der Waals surface area contributed by atoms with Crippen molar-refractivity contribution in [3.05, 3.63) is 40.9 Å². The van der Waals surface area contributed by atoms with Gasteiger partial charge in [0.05, 0.1) is 5.75 Å². The lowest BCUT2D eigenvalue weighted by molar-refractivity contribution is -0.115. The second-order valence-corrected chi connectivity index (χ2v) is 5.84. The van der Waals surface area contributed by atoms with E-state index in [9.17, 15) is 9.59 Å². The van der Waals surface area contributed by atoms with Crippen molar-refractivity contribution in [1.29, 1.82) is 0 Å². The van der Waals surface area contributed by atoms with Gasteiger partial charge >= 0.3 is 5.97 Å². The number of carboxylic acids is 1. The normalized spacial score (nSPS) is 10.4. The van der Waals surface area contributed by atoms with E-state index in [1.54, 1.807) is 0 Å². The van der Waals surface area contributed by atoms with Gasteiger partial charge in [0.25, 0.3) is 0 Å². The molecule has 20 heavy (non-hydrogen) atoms. The largest absolute Gasteiger partial charge is 0.476 e. The number of aromatic carboxylic acids is 1. The number of benzene rings is 1. The monoisotopic (exact) mass is 308 g/mol. The summed E-state index contributed by atoms with van der Waals surface area (Å²) in [6, 6.07) is 7.66. The van der Waals surface area contributed by atoms with Crippen LogP contribution in [-0.4, -0.2) is 27.7 Å². The van der Waals surface area contributed by atoms with Crippen LogP contribution in [0.3, 0.4) is 0 Å². The number of nitrogens with zero attached hydrogens (tertiary/aromatic N) is 1. The highest BCUT2D eigenvalue weighted by molar-refractivity contribution is 7.99. The Kier molecular flexibility index (Phi) is 4.75. The highest BCUT2D eigenvalue weighted by Gasteiger charge is 2.09. The van der Waals surface area contributed by atoms with Crippen LogP contribution in [0.25, 0.3) is 10.6 Å². The third-order valence-corrected chi connectivity index (χ3v) is 4.35. The van der Waals surface area contributed by atoms with Gasteiger partial charge in [0.15, 0.2) is 5.69 Å². The number of carbonyl (C=O) groups excluding carboxylic acids is 1. The standard InChI is InChI=1S/C13H12N2O3S2/c14-11(16)7-19-5-8-1-3-9(4-2-8)12-15-10(6-20-12)13(17)18/h1-4,6H,5,7H2,(H2,14,16)(H,17,18). The number of carbonyl (C=O) groups is 2. The zero-order valence-corrected chi connectivity index (χ0v) is 12.0. The van der Waals surface area contributed by atoms with E-state index in [1.165, 1.54) is 28.5 Å². The number of primary amides is 1. The molecule has 2 aromatic rings. The molecule has 0 fully saturated rings. The number of nitrogens with two attached hydrogens (primary N) is 1. The van der Waals surface area contributed by atoms with E-state index in [0.29, 0.717) is 16.5 Å². The molecule has 5 nitrogen and oxygen atoms in total. The molecule has 1 heterocycles. The summed E-state index contributed by atoms with van der Waals surface area (Å²) in [6.45, 7) is 0. The molecule has 0 radical (unpaired) electrons. The van der Waals surface area contributed by atoms with E-state index < -0.39 is 5.97 Å². The fourth-order valence-corrected chi connectivity index (χ4v) is 3.05. The SMILES string of the molecule is NC(=O)CSCc1ccc(-c2nc(C(=O)O)cs2)cc1. The molecule has 0 aliphatic carbocycles. The van der Waals surface area contributed by atoms with Crippen molar-refractivity contribution in [2.75, 3.05) is 5.75 Å². The summed E-state index contributed by atoms with van der Waals surface area (Å²) in [5.74, 6) is -0.333. The number of thiazole rings is 1. The Hall–Kier alpha value is -1.86. The predicted molar refractivity (Wildman–Crippen MR) is 79.9 cm³/mol. The fraction of sp³-hybridized carbons (Fsp3) is 0.154. The molecular weight excluding hydrogens is 296 g/mol. The first-order valence-corrected chi connectivity index (χ1v) is 7.74. The average molecular weight is 308 g/mol. The van der Waals surface area contributed by atoms with Crippen LogP contribution in [0.5, 0.6) is 0 Å². The molecule has 0 unspecified atom stereocenters. The maximum atomic E-state index is 10.8. The summed E-state index contributed by atoms with van der Waals surface area (Å²) < 4.78 is 0. The third-order valence-electron chi connectivity index (χ3n) is 2.44. The Morgan fingerprint density at radius 2 is 2.00 bits per heavy atom. The summed E-state index contributed by atoms with van der Waals surface area (Å²) in [4.78, 5) is 25.5. The fourth-order valence-electron chi connectivity index (χ4n) is 1.52. The molecule has 1 amide bonds. The summed E-state index contributed by atoms with van der Waals surface area (Å²) >= 11 is 2.76. The number of carboxylic acid groups (broad SMARTS) is 1. The Bertz CT molecular complexity index is 623. The van der Waals surface area contributed by atoms with E-state index in [-0.39, 0.29) is 11.6 Å². The summed E-state index contributed by atoms with van der Waals surface area (Å²) in [5, 5.41) is 11.0. The van der Waals surface area contributed by atoms with Crippen LogP contribution < -0.4 is 5.73 Å². The minimum atomic E-state index is -1.02. The zero-order valence-electron chi connectivity index (χ0n) is 10.4. The molecule has 1 aromatic carbocycles. The van der Waals surface area contributed by atoms with Crippen molar-refractivity contribution < 1.29 is 14.7 Å². The molecule has 0 aliphatic heterocycles. The molecule has 0 atom stereocenters. The van der Waals surface area contributed by atoms with Crippen LogP contribution >= 0.6 is 23.1 Å². The van der Waals surface area contributed by atoms with Crippen LogP contribution in [0.1, 0.15) is 16.1 Å². The molecule has 2 rings (SSSR count). The highest BCUT2D eigenvalue weighted by atomic mass is 32.2. The van der Waals surface area contributed by atoms with Crippen molar-refractivity contribution in [2.45, 2.75) is 5.75 Å². The van der Waals surface area contributed by atoms with Crippen molar-refractivity contribution in [3.8, 4) is 10.6 Å². The number of hydrogen-bond donors (Lipinski definition) is 2. The Labute approximate surface area is 123 Å². The lowest BCUT2D eigenvalue weighted by Crippen LogP contribution is -2.13. The van der Waals surface area contributed by atoms with Crippen molar-refractivity contribution in [2.24, 2.45) is 5.73 Å². The Morgan fingerprint density at radius 3 is 2.55 bits per heavy atom. The first-order chi connectivity index (χ1) is 9.56. The minimum Gasteiger partial charge on any atom is -0.476 e. The van der Waals surface area contributed by atoms with Gasteiger partial charge in [0.2, 0.25) is 5.91 Å². The topological polar surface area (TPSA) is 93.3 Å². The number of aromatic nitrogens is 1. The zero-order chi connectivity index (χ0) is 14.5. The molecule has 0 bridgehead atoms. The van der Waals surface area contributed by atoms with Gasteiger partial charge in [0.1, 0.15) is 5.01 Å². The van der Waals surface area contributed by atoms with E-state index in [0.717, 1.165) is 11.1 Å². The molecule has 0 aliphatic rings. The molecule has 0 saturated carbocycles. The second-order valence-electron chi connectivity index (χ2n) is 4.00. The van der Waals surface area contributed by atoms with Gasteiger partial charge in [-0.15, -0.1) is 23.1 Å². The van der Waals surface area contributed by atoms with Gasteiger partial charge in [-0.1, -0.05) is 24.3 Å². The van der Waals surface area contributed by atoms with Gasteiger partial charge in [-0.2, -0.15) is 0 Å². The molecule has 0 spiro atoms. The quantitative estimate of drug-likeness (QED) is 0.853. The average Bonchev–Trinajstić information content (AvgIpc) is 2.89. The van der Waals surface area contributed by atoms with Gasteiger partial charge in [-0.3, -0.25) is 4.79 Å². The van der Waals surface area contributed by atoms with Gasteiger partial charge in [-0.25, -0.2) is 9.78 Å². The van der Waals surface area contributed by atoms with Gasteiger partial charge in [-0.05, 0) is 5.56 Å². The summed E-state index contributed by atoms with van der Waals surface area (Å²) in [6.07, 6.45) is 0. The van der Waals surface area contributed by atoms with Crippen LogP contribution in [0, 0.1) is 0 Å². The lowest BCUT2D eigenvalue weighted by atomic mass is 10.2. The molecule has 1 aromatic heterocycles. The Balaban J connectivity index is 2.03. The maximum absolute atomic E-state index is 10.8. The number of rotatable bonds is 6. The second kappa shape index (κ2) is 6.53. The van der Waals surface area contributed by atoms with E-state index in [2.05, 4.69) is 4.98 Å². The number of hydrogen-bond acceptors (Lipinski definition) is 5. The van der Waals surface area contributed by atoms with Crippen LogP contribution in [0.2, 0.25) is 0 Å². The Morgan fingerprint density at radius 1 is 1.30 bits per heavy atom. The van der Waals surface area contributed by atoms with E-state index in [1.807, 2.05) is 24.3 Å². The van der Waals surface area contributed by atoms with Crippen LogP contribution in [0.4, 0.5) is 0 Å². The minimum absolute atomic E-state index is 0.0612. The molecule has 0 saturated heterocycles. The third kappa shape index (κ3) is 3.82. The smallest absolute Gasteiger partial charge is 0.355 e. The lowest BCUT2D eigenvalue weighted by Gasteiger charge is -2.01. The maximum Gasteiger partial charge on any atom is 0.355 e. The van der Waals surface area contributed by atoms with Crippen molar-refractivity contribution in [1.82, 2.24) is 4.98 Å². The molecular formula is C13H12N2O3S2. The van der Waals surface area contributed by atoms with Crippen LogP contribution in [0.15, 0.2) is 29.6 Å². The molecule has 3 N–H and O–H groups in total. The first-order valence-electron chi connectivity index (χ1n) is 5.70. The van der Waals surface area contributed by atoms with Crippen LogP contribution in [-0.2, 0) is 10.5 Å². The predicted octanol–water partition coefficient (Wildman–Crippen LogP) is 2.23. The van der Waals surface area contributed by atoms with E-state index in [4.69, 9.17) is 10.8 Å². The molecule has 104 valence electrons. The summed E-state index contributed by atoms with van der Waals surface area (Å²) in [5.41, 5.74) is 7.09. The summed E-state index contributed by atoms with van der Waals surface area (Å²) in [7, 11) is 0. The number of thioether (sulfide) groups is 1. The van der Waals surface area contributed by atoms with Crippen molar-refractivity contribution in [3.63, 3.8) is 0 Å². The van der Waals surface area contributed by atoms with E-state index >= 15 is 0 Å².